The first-order valence-corrected chi connectivity index (χ1v) is 3.94. The summed E-state index contributed by atoms with van der Waals surface area (Å²) in [6.07, 6.45) is 2.14. The molecule has 0 saturated heterocycles. The van der Waals surface area contributed by atoms with Gasteiger partial charge in [0.05, 0.1) is 0 Å². The summed E-state index contributed by atoms with van der Waals surface area (Å²) in [5.41, 5.74) is 1.37. The monoisotopic (exact) mass is 146 g/mol. The zero-order valence-corrected chi connectivity index (χ0v) is 7.39. The van der Waals surface area contributed by atoms with Gasteiger partial charge in [0.15, 0.2) is 0 Å². The topological polar surface area (TPSA) is 0 Å². The Balaban J connectivity index is 3.64. The van der Waals surface area contributed by atoms with Gasteiger partial charge in [-0.25, -0.2) is 0 Å². The Morgan fingerprint density at radius 3 is 2.27 bits per heavy atom. The summed E-state index contributed by atoms with van der Waals surface area (Å²) >= 11 is 0. The van der Waals surface area contributed by atoms with Gasteiger partial charge in [-0.3, -0.25) is 0 Å². The average Bonchev–Trinajstić information content (AvgIpc) is 2.04. The molecular weight excluding hydrogens is 132 g/mol. The maximum Gasteiger partial charge on any atom is -0.0201 e. The highest BCUT2D eigenvalue weighted by molar-refractivity contribution is 5.40. The van der Waals surface area contributed by atoms with Crippen molar-refractivity contribution >= 4 is 11.6 Å². The summed E-state index contributed by atoms with van der Waals surface area (Å²) in [4.78, 5) is 0. The zero-order chi connectivity index (χ0) is 8.27. The molecule has 0 spiro atoms. The van der Waals surface area contributed by atoms with Crippen molar-refractivity contribution in [1.82, 2.24) is 0 Å². The van der Waals surface area contributed by atoms with E-state index in [0.29, 0.717) is 0 Å². The van der Waals surface area contributed by atoms with Crippen LogP contribution in [0.5, 0.6) is 0 Å². The van der Waals surface area contributed by atoms with Gasteiger partial charge in [0.2, 0.25) is 0 Å². The van der Waals surface area contributed by atoms with Gasteiger partial charge in [0, 0.05) is 0 Å². The average molecular weight is 146 g/mol. The summed E-state index contributed by atoms with van der Waals surface area (Å²) < 4.78 is 0. The Morgan fingerprint density at radius 1 is 1.18 bits per heavy atom. The maximum atomic E-state index is 2.16. The molecule has 0 amide bonds. The molecule has 0 aliphatic heterocycles. The lowest BCUT2D eigenvalue weighted by Crippen LogP contribution is -2.24. The molecule has 0 unspecified atom stereocenters. The van der Waals surface area contributed by atoms with Crippen LogP contribution in [-0.2, 0) is 0 Å². The number of benzene rings is 1. The first-order chi connectivity index (χ1) is 5.25. The molecule has 0 N–H and O–H groups in total. The highest BCUT2D eigenvalue weighted by atomic mass is 13.9. The Hall–Kier alpha value is -1.04. The van der Waals surface area contributed by atoms with Crippen molar-refractivity contribution in [2.45, 2.75) is 20.8 Å². The van der Waals surface area contributed by atoms with Crippen LogP contribution in [0, 0.1) is 0 Å². The van der Waals surface area contributed by atoms with E-state index in [0.717, 1.165) is 0 Å². The minimum atomic E-state index is 1.33. The summed E-state index contributed by atoms with van der Waals surface area (Å²) in [5.74, 6) is 0. The van der Waals surface area contributed by atoms with Crippen LogP contribution in [0.3, 0.4) is 0 Å². The smallest absolute Gasteiger partial charge is 0.0201 e. The Kier molecular flexibility index (Phi) is 2.48. The lowest BCUT2D eigenvalue weighted by molar-refractivity contribution is 1.43. The van der Waals surface area contributed by atoms with E-state index in [1.165, 1.54) is 16.0 Å². The second-order valence-electron chi connectivity index (χ2n) is 2.88. The molecule has 0 heteroatoms. The van der Waals surface area contributed by atoms with Gasteiger partial charge in [0.25, 0.3) is 0 Å². The van der Waals surface area contributed by atoms with Crippen LogP contribution in [0.4, 0.5) is 0 Å². The fraction of sp³-hybridized carbons (Fsp3) is 0.273. The Morgan fingerprint density at radius 2 is 1.82 bits per heavy atom. The number of hydrogen-bond acceptors (Lipinski definition) is 0. The molecule has 0 aliphatic rings. The summed E-state index contributed by atoms with van der Waals surface area (Å²) in [6, 6.07) is 8.45. The van der Waals surface area contributed by atoms with Gasteiger partial charge in [0.1, 0.15) is 0 Å². The lowest BCUT2D eigenvalue weighted by atomic mass is 10.1. The van der Waals surface area contributed by atoms with Crippen LogP contribution in [-0.4, -0.2) is 0 Å². The third kappa shape index (κ3) is 1.70. The van der Waals surface area contributed by atoms with Crippen LogP contribution >= 0.6 is 0 Å². The predicted octanol–water partition coefficient (Wildman–Crippen LogP) is 1.68. The van der Waals surface area contributed by atoms with E-state index >= 15 is 0 Å². The van der Waals surface area contributed by atoms with Crippen LogP contribution in [0.1, 0.15) is 20.8 Å². The van der Waals surface area contributed by atoms with Crippen molar-refractivity contribution in [2.75, 3.05) is 0 Å². The highest BCUT2D eigenvalue weighted by Crippen LogP contribution is 1.82. The molecule has 0 atom stereocenters. The van der Waals surface area contributed by atoms with E-state index in [1.54, 1.807) is 0 Å². The second kappa shape index (κ2) is 3.38. The van der Waals surface area contributed by atoms with Crippen molar-refractivity contribution in [3.05, 3.63) is 34.7 Å². The van der Waals surface area contributed by atoms with Crippen LogP contribution < -0.4 is 10.4 Å². The SMILES string of the molecule is CC=c1ccccc1=C(C)C. The van der Waals surface area contributed by atoms with Gasteiger partial charge in [-0.2, -0.15) is 0 Å². The first kappa shape index (κ1) is 8.06. The summed E-state index contributed by atoms with van der Waals surface area (Å²) in [7, 11) is 0. The van der Waals surface area contributed by atoms with Crippen LogP contribution in [0.15, 0.2) is 24.3 Å². The highest BCUT2D eigenvalue weighted by Gasteiger charge is 1.83. The zero-order valence-electron chi connectivity index (χ0n) is 7.39. The van der Waals surface area contributed by atoms with Crippen molar-refractivity contribution in [1.29, 1.82) is 0 Å². The lowest BCUT2D eigenvalue weighted by Gasteiger charge is -1.91. The minimum Gasteiger partial charge on any atom is -0.0798 e. The fourth-order valence-corrected chi connectivity index (χ4v) is 1.20. The van der Waals surface area contributed by atoms with E-state index in [2.05, 4.69) is 51.1 Å². The first-order valence-electron chi connectivity index (χ1n) is 3.94. The fourth-order valence-electron chi connectivity index (χ4n) is 1.20. The predicted molar refractivity (Wildman–Crippen MR) is 50.6 cm³/mol. The van der Waals surface area contributed by atoms with Crippen molar-refractivity contribution < 1.29 is 0 Å². The molecule has 0 heterocycles. The van der Waals surface area contributed by atoms with Crippen LogP contribution in [0.25, 0.3) is 11.6 Å². The summed E-state index contributed by atoms with van der Waals surface area (Å²) in [5, 5.41) is 2.68. The molecular formula is C11H14. The molecule has 1 rings (SSSR count). The molecule has 0 fully saturated rings. The van der Waals surface area contributed by atoms with Crippen molar-refractivity contribution in [3.63, 3.8) is 0 Å². The maximum absolute atomic E-state index is 2.16. The molecule has 0 radical (unpaired) electrons. The number of rotatable bonds is 0. The molecule has 0 nitrogen and oxygen atoms in total. The number of hydrogen-bond donors (Lipinski definition) is 0. The van der Waals surface area contributed by atoms with E-state index in [9.17, 15) is 0 Å². The quantitative estimate of drug-likeness (QED) is 0.522. The van der Waals surface area contributed by atoms with Crippen molar-refractivity contribution in [2.24, 2.45) is 0 Å². The molecule has 0 aliphatic carbocycles. The summed E-state index contributed by atoms with van der Waals surface area (Å²) in [6.45, 7) is 6.35. The third-order valence-electron chi connectivity index (χ3n) is 1.81. The van der Waals surface area contributed by atoms with Gasteiger partial charge in [-0.05, 0) is 31.2 Å². The van der Waals surface area contributed by atoms with E-state index in [-0.39, 0.29) is 0 Å². The standard InChI is InChI=1S/C11H14/c1-4-10-7-5-6-8-11(10)9(2)3/h4-8H,1-3H3. The Labute approximate surface area is 67.9 Å². The molecule has 0 bridgehead atoms. The van der Waals surface area contributed by atoms with E-state index in [1.807, 2.05) is 0 Å². The van der Waals surface area contributed by atoms with Gasteiger partial charge >= 0.3 is 0 Å². The third-order valence-corrected chi connectivity index (χ3v) is 1.81. The molecule has 58 valence electrons. The van der Waals surface area contributed by atoms with Gasteiger partial charge in [-0.1, -0.05) is 35.9 Å². The van der Waals surface area contributed by atoms with Gasteiger partial charge in [-0.15, -0.1) is 0 Å². The van der Waals surface area contributed by atoms with Crippen molar-refractivity contribution in [3.8, 4) is 0 Å². The molecule has 1 aromatic rings. The van der Waals surface area contributed by atoms with Crippen LogP contribution in [0.2, 0.25) is 0 Å². The molecule has 0 aromatic heterocycles. The second-order valence-corrected chi connectivity index (χ2v) is 2.88. The Bertz CT molecular complexity index is 341. The molecule has 0 saturated carbocycles. The molecule has 1 aromatic carbocycles. The largest absolute Gasteiger partial charge is 0.0798 e. The minimum absolute atomic E-state index is 1.33. The van der Waals surface area contributed by atoms with E-state index in [4.69, 9.17) is 0 Å². The van der Waals surface area contributed by atoms with Gasteiger partial charge < -0.3 is 0 Å². The normalized spacial score (nSPS) is 11.7. The molecule has 11 heavy (non-hydrogen) atoms. The van der Waals surface area contributed by atoms with E-state index < -0.39 is 0 Å².